The second kappa shape index (κ2) is 3.55. The van der Waals surface area contributed by atoms with Crippen molar-refractivity contribution >= 4 is 16.6 Å². The Hall–Kier alpha value is -1.40. The van der Waals surface area contributed by atoms with Crippen molar-refractivity contribution in [2.75, 3.05) is 0 Å². The standard InChI is InChI=1S/C7H6O5S/c8-5-12-6-3-1-2-4-7(6)13(9,10)11/h1-5H,(H,9,10,11). The van der Waals surface area contributed by atoms with Crippen molar-refractivity contribution < 1.29 is 22.5 Å². The molecule has 6 heteroatoms. The first-order valence-electron chi connectivity index (χ1n) is 3.22. The highest BCUT2D eigenvalue weighted by molar-refractivity contribution is 7.86. The van der Waals surface area contributed by atoms with Crippen LogP contribution in [-0.4, -0.2) is 19.4 Å². The van der Waals surface area contributed by atoms with E-state index in [1.165, 1.54) is 18.2 Å². The summed E-state index contributed by atoms with van der Waals surface area (Å²) in [6.07, 6.45) is 0. The van der Waals surface area contributed by atoms with Crippen molar-refractivity contribution in [3.63, 3.8) is 0 Å². The van der Waals surface area contributed by atoms with Crippen molar-refractivity contribution in [2.24, 2.45) is 0 Å². The highest BCUT2D eigenvalue weighted by Crippen LogP contribution is 2.21. The second-order valence-corrected chi connectivity index (χ2v) is 3.53. The molecule has 0 spiro atoms. The van der Waals surface area contributed by atoms with E-state index in [4.69, 9.17) is 4.55 Å². The van der Waals surface area contributed by atoms with Crippen molar-refractivity contribution in [2.45, 2.75) is 4.90 Å². The van der Waals surface area contributed by atoms with E-state index in [9.17, 15) is 13.2 Å². The van der Waals surface area contributed by atoms with Gasteiger partial charge in [-0.2, -0.15) is 8.42 Å². The van der Waals surface area contributed by atoms with Gasteiger partial charge in [0.1, 0.15) is 4.90 Å². The fourth-order valence-corrected chi connectivity index (χ4v) is 1.43. The van der Waals surface area contributed by atoms with E-state index in [0.717, 1.165) is 6.07 Å². The maximum atomic E-state index is 10.7. The zero-order valence-corrected chi connectivity index (χ0v) is 7.19. The van der Waals surface area contributed by atoms with Gasteiger partial charge in [0.05, 0.1) is 0 Å². The Morgan fingerprint density at radius 3 is 2.46 bits per heavy atom. The van der Waals surface area contributed by atoms with Crippen LogP contribution in [0, 0.1) is 0 Å². The first kappa shape index (κ1) is 9.69. The Morgan fingerprint density at radius 1 is 1.31 bits per heavy atom. The predicted molar refractivity (Wildman–Crippen MR) is 42.9 cm³/mol. The number of ether oxygens (including phenoxy) is 1. The molecule has 13 heavy (non-hydrogen) atoms. The fraction of sp³-hybridized carbons (Fsp3) is 0. The molecule has 0 fully saturated rings. The van der Waals surface area contributed by atoms with Gasteiger partial charge in [0, 0.05) is 0 Å². The van der Waals surface area contributed by atoms with E-state index in [1.807, 2.05) is 0 Å². The van der Waals surface area contributed by atoms with Crippen LogP contribution < -0.4 is 4.74 Å². The average Bonchev–Trinajstić information content (AvgIpc) is 2.04. The van der Waals surface area contributed by atoms with Gasteiger partial charge in [-0.3, -0.25) is 9.35 Å². The zero-order valence-electron chi connectivity index (χ0n) is 6.38. The van der Waals surface area contributed by atoms with Gasteiger partial charge < -0.3 is 4.74 Å². The van der Waals surface area contributed by atoms with E-state index < -0.39 is 15.0 Å². The van der Waals surface area contributed by atoms with E-state index in [2.05, 4.69) is 4.74 Å². The minimum Gasteiger partial charge on any atom is -0.427 e. The summed E-state index contributed by atoms with van der Waals surface area (Å²) >= 11 is 0. The van der Waals surface area contributed by atoms with E-state index >= 15 is 0 Å². The Bertz CT molecular complexity index is 409. The molecule has 0 heterocycles. The summed E-state index contributed by atoms with van der Waals surface area (Å²) in [6, 6.07) is 5.28. The average molecular weight is 202 g/mol. The second-order valence-electron chi connectivity index (χ2n) is 2.14. The lowest BCUT2D eigenvalue weighted by molar-refractivity contribution is -0.120. The van der Waals surface area contributed by atoms with Gasteiger partial charge in [-0.05, 0) is 12.1 Å². The number of hydrogen-bond donors (Lipinski definition) is 1. The van der Waals surface area contributed by atoms with E-state index in [1.54, 1.807) is 0 Å². The van der Waals surface area contributed by atoms with Crippen LogP contribution in [0.5, 0.6) is 5.75 Å². The third-order valence-corrected chi connectivity index (χ3v) is 2.20. The molecule has 1 rings (SSSR count). The predicted octanol–water partition coefficient (Wildman–Crippen LogP) is 0.468. The molecule has 1 N–H and O–H groups in total. The van der Waals surface area contributed by atoms with Crippen LogP contribution in [0.15, 0.2) is 29.2 Å². The molecule has 0 aromatic heterocycles. The minimum atomic E-state index is -4.34. The van der Waals surface area contributed by atoms with Gasteiger partial charge in [0.15, 0.2) is 5.75 Å². The molecule has 0 amide bonds. The van der Waals surface area contributed by atoms with Crippen molar-refractivity contribution in [1.29, 1.82) is 0 Å². The van der Waals surface area contributed by atoms with Crippen molar-refractivity contribution in [3.8, 4) is 5.75 Å². The van der Waals surface area contributed by atoms with Crippen LogP contribution >= 0.6 is 0 Å². The lowest BCUT2D eigenvalue weighted by atomic mass is 10.3. The summed E-state index contributed by atoms with van der Waals surface area (Å²) in [7, 11) is -4.34. The summed E-state index contributed by atoms with van der Waals surface area (Å²) in [6.45, 7) is 0.0873. The molecule has 5 nitrogen and oxygen atoms in total. The molecular weight excluding hydrogens is 196 g/mol. The molecule has 1 aromatic rings. The summed E-state index contributed by atoms with van der Waals surface area (Å²) < 4.78 is 34.4. The molecule has 1 aromatic carbocycles. The number of benzene rings is 1. The lowest BCUT2D eigenvalue weighted by Gasteiger charge is -2.02. The molecule has 0 radical (unpaired) electrons. The van der Waals surface area contributed by atoms with Gasteiger partial charge >= 0.3 is 0 Å². The smallest absolute Gasteiger partial charge is 0.298 e. The van der Waals surface area contributed by atoms with Crippen LogP contribution in [0.1, 0.15) is 0 Å². The van der Waals surface area contributed by atoms with Gasteiger partial charge in [-0.15, -0.1) is 0 Å². The number of rotatable bonds is 3. The normalized spacial score (nSPS) is 10.8. The van der Waals surface area contributed by atoms with Gasteiger partial charge in [-0.1, -0.05) is 12.1 Å². The van der Waals surface area contributed by atoms with Crippen molar-refractivity contribution in [3.05, 3.63) is 24.3 Å². The third kappa shape index (κ3) is 2.27. The Labute approximate surface area is 74.7 Å². The van der Waals surface area contributed by atoms with Crippen LogP contribution in [0.25, 0.3) is 0 Å². The van der Waals surface area contributed by atoms with Crippen LogP contribution in [0.2, 0.25) is 0 Å². The van der Waals surface area contributed by atoms with Crippen LogP contribution in [0.3, 0.4) is 0 Å². The minimum absolute atomic E-state index is 0.0873. The molecule has 0 aliphatic heterocycles. The lowest BCUT2D eigenvalue weighted by Crippen LogP contribution is -2.01. The first-order valence-corrected chi connectivity index (χ1v) is 4.66. The largest absolute Gasteiger partial charge is 0.427 e. The summed E-state index contributed by atoms with van der Waals surface area (Å²) in [5.41, 5.74) is 0. The first-order chi connectivity index (χ1) is 6.05. The molecular formula is C7H6O5S. The number of carbonyl (C=O) groups is 1. The van der Waals surface area contributed by atoms with E-state index in [-0.39, 0.29) is 12.2 Å². The maximum absolute atomic E-state index is 10.7. The summed E-state index contributed by atoms with van der Waals surface area (Å²) in [5, 5.41) is 0. The van der Waals surface area contributed by atoms with Crippen LogP contribution in [-0.2, 0) is 14.9 Å². The van der Waals surface area contributed by atoms with E-state index in [0.29, 0.717) is 0 Å². The fourth-order valence-electron chi connectivity index (χ4n) is 0.812. The highest BCUT2D eigenvalue weighted by Gasteiger charge is 2.15. The van der Waals surface area contributed by atoms with Gasteiger partial charge in [-0.25, -0.2) is 0 Å². The quantitative estimate of drug-likeness (QED) is 0.569. The van der Waals surface area contributed by atoms with Crippen LogP contribution in [0.4, 0.5) is 0 Å². The molecule has 0 aliphatic rings. The molecule has 0 atom stereocenters. The SMILES string of the molecule is O=COc1ccccc1S(=O)(=O)O. The monoisotopic (exact) mass is 202 g/mol. The molecule has 0 saturated heterocycles. The number of hydrogen-bond acceptors (Lipinski definition) is 4. The summed E-state index contributed by atoms with van der Waals surface area (Å²) in [4.78, 5) is 9.53. The summed E-state index contributed by atoms with van der Waals surface area (Å²) in [5.74, 6) is -0.194. The Morgan fingerprint density at radius 2 is 1.92 bits per heavy atom. The maximum Gasteiger partial charge on any atom is 0.298 e. The van der Waals surface area contributed by atoms with Gasteiger partial charge in [0.2, 0.25) is 0 Å². The Kier molecular flexibility index (Phi) is 2.64. The Balaban J connectivity index is 3.28. The number of carbonyl (C=O) groups excluding carboxylic acids is 1. The molecule has 70 valence electrons. The number of para-hydroxylation sites is 1. The zero-order chi connectivity index (χ0) is 9.90. The van der Waals surface area contributed by atoms with Crippen molar-refractivity contribution in [1.82, 2.24) is 0 Å². The topological polar surface area (TPSA) is 80.7 Å². The molecule has 0 unspecified atom stereocenters. The van der Waals surface area contributed by atoms with Gasteiger partial charge in [0.25, 0.3) is 16.6 Å². The molecule has 0 saturated carbocycles. The third-order valence-electron chi connectivity index (χ3n) is 1.30. The highest BCUT2D eigenvalue weighted by atomic mass is 32.2. The molecule has 0 bridgehead atoms. The molecule has 0 aliphatic carbocycles.